The van der Waals surface area contributed by atoms with E-state index in [1.807, 2.05) is 17.8 Å². The van der Waals surface area contributed by atoms with Gasteiger partial charge in [0, 0.05) is 24.8 Å². The van der Waals surface area contributed by atoms with Gasteiger partial charge in [-0.3, -0.25) is 9.36 Å². The summed E-state index contributed by atoms with van der Waals surface area (Å²) in [7, 11) is 0. The highest BCUT2D eigenvalue weighted by Crippen LogP contribution is 2.22. The Morgan fingerprint density at radius 3 is 2.75 bits per heavy atom. The highest BCUT2D eigenvalue weighted by molar-refractivity contribution is 5.25. The summed E-state index contributed by atoms with van der Waals surface area (Å²) in [6.07, 6.45) is 5.20. The second-order valence-electron chi connectivity index (χ2n) is 5.05. The van der Waals surface area contributed by atoms with Gasteiger partial charge in [-0.05, 0) is 32.9 Å². The van der Waals surface area contributed by atoms with Crippen LogP contribution in [0.25, 0.3) is 0 Å². The zero-order valence-electron chi connectivity index (χ0n) is 12.9. The van der Waals surface area contributed by atoms with Crippen LogP contribution in [0.15, 0.2) is 18.5 Å². The summed E-state index contributed by atoms with van der Waals surface area (Å²) < 4.78 is 4.08. The van der Waals surface area contributed by atoms with Crippen LogP contribution in [0.2, 0.25) is 0 Å². The first-order valence-corrected chi connectivity index (χ1v) is 7.49. The molecule has 0 aliphatic rings. The van der Waals surface area contributed by atoms with Crippen LogP contribution in [0.3, 0.4) is 0 Å². The molecule has 0 amide bonds. The molecule has 0 aliphatic carbocycles. The summed E-state index contributed by atoms with van der Waals surface area (Å²) in [5.41, 5.74) is 3.48. The molecular weight excluding hydrogens is 250 g/mol. The molecule has 0 spiro atoms. The summed E-state index contributed by atoms with van der Waals surface area (Å²) in [6, 6.07) is 2.32. The van der Waals surface area contributed by atoms with Crippen LogP contribution in [0.1, 0.15) is 50.2 Å². The van der Waals surface area contributed by atoms with Crippen molar-refractivity contribution in [1.29, 1.82) is 0 Å². The van der Waals surface area contributed by atoms with E-state index < -0.39 is 0 Å². The maximum Gasteiger partial charge on any atom is 0.0779 e. The largest absolute Gasteiger partial charge is 0.305 e. The normalized spacial score (nSPS) is 12.8. The Labute approximate surface area is 121 Å². The van der Waals surface area contributed by atoms with Gasteiger partial charge in [0.2, 0.25) is 0 Å². The number of nitrogens with zero attached hydrogens (tertiary/aromatic N) is 4. The van der Waals surface area contributed by atoms with E-state index >= 15 is 0 Å². The van der Waals surface area contributed by atoms with E-state index in [0.717, 1.165) is 31.7 Å². The van der Waals surface area contributed by atoms with Gasteiger partial charge >= 0.3 is 0 Å². The number of rotatable bonds is 7. The maximum atomic E-state index is 4.55. The molecule has 0 saturated carbocycles. The van der Waals surface area contributed by atoms with Gasteiger partial charge in [0.15, 0.2) is 0 Å². The first-order valence-electron chi connectivity index (χ1n) is 7.49. The van der Waals surface area contributed by atoms with Crippen molar-refractivity contribution in [2.75, 3.05) is 6.54 Å². The van der Waals surface area contributed by atoms with Gasteiger partial charge in [-0.2, -0.15) is 10.2 Å². The van der Waals surface area contributed by atoms with E-state index in [1.54, 1.807) is 0 Å². The summed E-state index contributed by atoms with van der Waals surface area (Å²) in [5, 5.41) is 12.5. The van der Waals surface area contributed by atoms with Crippen molar-refractivity contribution in [3.05, 3.63) is 35.4 Å². The van der Waals surface area contributed by atoms with Gasteiger partial charge in [-0.25, -0.2) is 0 Å². The quantitative estimate of drug-likeness (QED) is 0.844. The van der Waals surface area contributed by atoms with Gasteiger partial charge in [-0.15, -0.1) is 0 Å². The summed E-state index contributed by atoms with van der Waals surface area (Å²) in [5.74, 6) is 0. The average molecular weight is 275 g/mol. The zero-order chi connectivity index (χ0) is 14.5. The van der Waals surface area contributed by atoms with Crippen LogP contribution in [-0.2, 0) is 13.1 Å². The molecule has 2 aromatic rings. The Hall–Kier alpha value is -1.62. The molecule has 1 N–H and O–H groups in total. The summed E-state index contributed by atoms with van der Waals surface area (Å²) in [6.45, 7) is 11.2. The standard InChI is InChI=1S/C15H25N5/c1-5-8-19-11-13(10-17-19)15(16-6-2)14-9-12(4)18-20(14)7-3/h9-11,15-16H,5-8H2,1-4H3. The lowest BCUT2D eigenvalue weighted by molar-refractivity contribution is 0.539. The molecule has 20 heavy (non-hydrogen) atoms. The van der Waals surface area contributed by atoms with E-state index in [2.05, 4.69) is 53.2 Å². The molecule has 0 radical (unpaired) electrons. The molecule has 0 aliphatic heterocycles. The van der Waals surface area contributed by atoms with Crippen LogP contribution in [0.4, 0.5) is 0 Å². The van der Waals surface area contributed by atoms with E-state index in [1.165, 1.54) is 11.3 Å². The molecule has 1 atom stereocenters. The number of hydrogen-bond donors (Lipinski definition) is 1. The van der Waals surface area contributed by atoms with E-state index in [4.69, 9.17) is 0 Å². The lowest BCUT2D eigenvalue weighted by Gasteiger charge is -2.17. The van der Waals surface area contributed by atoms with Crippen molar-refractivity contribution in [3.63, 3.8) is 0 Å². The molecule has 0 bridgehead atoms. The van der Waals surface area contributed by atoms with E-state index in [0.29, 0.717) is 0 Å². The van der Waals surface area contributed by atoms with Crippen molar-refractivity contribution in [2.45, 2.75) is 53.2 Å². The number of aromatic nitrogens is 4. The second-order valence-corrected chi connectivity index (χ2v) is 5.05. The van der Waals surface area contributed by atoms with Gasteiger partial charge in [0.1, 0.15) is 0 Å². The zero-order valence-corrected chi connectivity index (χ0v) is 12.9. The van der Waals surface area contributed by atoms with E-state index in [-0.39, 0.29) is 6.04 Å². The SMILES string of the molecule is CCCn1cc(C(NCC)c2cc(C)nn2CC)cn1. The minimum Gasteiger partial charge on any atom is -0.305 e. The fourth-order valence-electron chi connectivity index (χ4n) is 2.53. The Morgan fingerprint density at radius 1 is 1.30 bits per heavy atom. The van der Waals surface area contributed by atoms with Crippen molar-refractivity contribution < 1.29 is 0 Å². The number of aryl methyl sites for hydroxylation is 3. The Kier molecular flexibility index (Phi) is 4.95. The number of nitrogens with one attached hydrogen (secondary N) is 1. The van der Waals surface area contributed by atoms with Gasteiger partial charge in [0.25, 0.3) is 0 Å². The molecule has 5 heteroatoms. The molecule has 110 valence electrons. The third-order valence-electron chi connectivity index (χ3n) is 3.38. The van der Waals surface area contributed by atoms with Crippen LogP contribution < -0.4 is 5.32 Å². The molecule has 0 saturated heterocycles. The first-order chi connectivity index (χ1) is 9.69. The van der Waals surface area contributed by atoms with Crippen LogP contribution in [-0.4, -0.2) is 26.1 Å². The van der Waals surface area contributed by atoms with Crippen molar-refractivity contribution in [2.24, 2.45) is 0 Å². The molecular formula is C15H25N5. The highest BCUT2D eigenvalue weighted by atomic mass is 15.3. The second kappa shape index (κ2) is 6.70. The summed E-state index contributed by atoms with van der Waals surface area (Å²) in [4.78, 5) is 0. The monoisotopic (exact) mass is 275 g/mol. The molecule has 2 heterocycles. The Morgan fingerprint density at radius 2 is 2.10 bits per heavy atom. The highest BCUT2D eigenvalue weighted by Gasteiger charge is 2.19. The molecule has 1 unspecified atom stereocenters. The van der Waals surface area contributed by atoms with Gasteiger partial charge in [0.05, 0.1) is 23.6 Å². The summed E-state index contributed by atoms with van der Waals surface area (Å²) >= 11 is 0. The molecule has 5 nitrogen and oxygen atoms in total. The van der Waals surface area contributed by atoms with Crippen molar-refractivity contribution in [3.8, 4) is 0 Å². The van der Waals surface area contributed by atoms with E-state index in [9.17, 15) is 0 Å². The molecule has 2 aromatic heterocycles. The van der Waals surface area contributed by atoms with Gasteiger partial charge in [-0.1, -0.05) is 13.8 Å². The predicted molar refractivity (Wildman–Crippen MR) is 80.7 cm³/mol. The minimum atomic E-state index is 0.159. The minimum absolute atomic E-state index is 0.159. The predicted octanol–water partition coefficient (Wildman–Crippen LogP) is 2.52. The smallest absolute Gasteiger partial charge is 0.0779 e. The van der Waals surface area contributed by atoms with Crippen LogP contribution in [0.5, 0.6) is 0 Å². The van der Waals surface area contributed by atoms with Crippen molar-refractivity contribution in [1.82, 2.24) is 24.9 Å². The topological polar surface area (TPSA) is 47.7 Å². The fourth-order valence-corrected chi connectivity index (χ4v) is 2.53. The fraction of sp³-hybridized carbons (Fsp3) is 0.600. The lowest BCUT2D eigenvalue weighted by Crippen LogP contribution is -2.24. The van der Waals surface area contributed by atoms with Crippen LogP contribution in [0, 0.1) is 6.92 Å². The third kappa shape index (κ3) is 3.10. The first kappa shape index (κ1) is 14.8. The molecule has 0 aromatic carbocycles. The maximum absolute atomic E-state index is 4.55. The number of hydrogen-bond acceptors (Lipinski definition) is 3. The van der Waals surface area contributed by atoms with Crippen LogP contribution >= 0.6 is 0 Å². The third-order valence-corrected chi connectivity index (χ3v) is 3.38. The molecule has 2 rings (SSSR count). The Bertz CT molecular complexity index is 540. The average Bonchev–Trinajstić information content (AvgIpc) is 3.03. The van der Waals surface area contributed by atoms with Crippen molar-refractivity contribution >= 4 is 0 Å². The van der Waals surface area contributed by atoms with Gasteiger partial charge < -0.3 is 5.32 Å². The lowest BCUT2D eigenvalue weighted by atomic mass is 10.1. The Balaban J connectivity index is 2.33. The molecule has 0 fully saturated rings.